The van der Waals surface area contributed by atoms with E-state index < -0.39 is 0 Å². The van der Waals surface area contributed by atoms with E-state index >= 15 is 0 Å². The third-order valence-corrected chi connectivity index (χ3v) is 4.59. The highest BCUT2D eigenvalue weighted by Crippen LogP contribution is 2.26. The highest BCUT2D eigenvalue weighted by molar-refractivity contribution is 5.68. The summed E-state index contributed by atoms with van der Waals surface area (Å²) in [6.07, 6.45) is 11.0. The molecule has 0 unspecified atom stereocenters. The lowest BCUT2D eigenvalue weighted by Gasteiger charge is -2.07. The van der Waals surface area contributed by atoms with E-state index in [4.69, 9.17) is 0 Å². The lowest BCUT2D eigenvalue weighted by atomic mass is 10.0. The first-order valence-corrected chi connectivity index (χ1v) is 9.44. The molecule has 134 valence electrons. The smallest absolute Gasteiger partial charge is 0.159 e. The molecular weight excluding hydrogens is 323 g/mol. The first-order chi connectivity index (χ1) is 12.8. The van der Waals surface area contributed by atoms with E-state index in [0.29, 0.717) is 17.0 Å². The van der Waals surface area contributed by atoms with Crippen LogP contribution in [-0.2, 0) is 6.42 Å². The van der Waals surface area contributed by atoms with Gasteiger partial charge in [0.1, 0.15) is 5.82 Å². The first kappa shape index (κ1) is 18.2. The van der Waals surface area contributed by atoms with Gasteiger partial charge >= 0.3 is 0 Å². The van der Waals surface area contributed by atoms with Crippen LogP contribution in [0.2, 0.25) is 0 Å². The summed E-state index contributed by atoms with van der Waals surface area (Å²) >= 11 is 0. The number of nitrogens with zero attached hydrogens (tertiary/aromatic N) is 2. The second-order valence-corrected chi connectivity index (χ2v) is 6.64. The molecule has 0 saturated heterocycles. The second-order valence-electron chi connectivity index (χ2n) is 6.64. The van der Waals surface area contributed by atoms with E-state index in [0.717, 1.165) is 17.5 Å². The number of unbranched alkanes of at least 4 members (excludes halogenated alkanes) is 4. The number of hydrogen-bond acceptors (Lipinski definition) is 2. The SMILES string of the molecule is CCCCCCCc1cnc(-c2ccc(-c3ccccc3)c(F)c2)nc1. The van der Waals surface area contributed by atoms with Gasteiger partial charge in [-0.3, -0.25) is 0 Å². The molecule has 0 aliphatic rings. The van der Waals surface area contributed by atoms with Crippen LogP contribution in [0.3, 0.4) is 0 Å². The molecule has 0 aliphatic heterocycles. The molecule has 0 amide bonds. The summed E-state index contributed by atoms with van der Waals surface area (Å²) in [6.45, 7) is 2.22. The average Bonchev–Trinajstić information content (AvgIpc) is 2.69. The molecule has 26 heavy (non-hydrogen) atoms. The number of aryl methyl sites for hydroxylation is 1. The van der Waals surface area contributed by atoms with Gasteiger partial charge in [-0.2, -0.15) is 0 Å². The van der Waals surface area contributed by atoms with Crippen molar-refractivity contribution in [2.45, 2.75) is 45.4 Å². The Hall–Kier alpha value is -2.55. The fourth-order valence-electron chi connectivity index (χ4n) is 3.07. The number of rotatable bonds is 8. The van der Waals surface area contributed by atoms with Crippen molar-refractivity contribution in [2.75, 3.05) is 0 Å². The van der Waals surface area contributed by atoms with E-state index in [9.17, 15) is 4.39 Å². The molecule has 3 aromatic rings. The average molecular weight is 348 g/mol. The maximum absolute atomic E-state index is 14.5. The van der Waals surface area contributed by atoms with Crippen molar-refractivity contribution < 1.29 is 4.39 Å². The molecule has 0 fully saturated rings. The maximum atomic E-state index is 14.5. The lowest BCUT2D eigenvalue weighted by Crippen LogP contribution is -1.94. The molecule has 0 saturated carbocycles. The van der Waals surface area contributed by atoms with E-state index in [2.05, 4.69) is 16.9 Å². The van der Waals surface area contributed by atoms with E-state index in [1.54, 1.807) is 6.07 Å². The molecule has 1 heterocycles. The van der Waals surface area contributed by atoms with Gasteiger partial charge in [-0.1, -0.05) is 75.1 Å². The standard InChI is InChI=1S/C23H25FN2/c1-2-3-4-5-7-10-18-16-25-23(26-17-18)20-13-14-21(22(24)15-20)19-11-8-6-9-12-19/h6,8-9,11-17H,2-5,7,10H2,1H3. The van der Waals surface area contributed by atoms with E-state index in [-0.39, 0.29) is 5.82 Å². The Bertz CT molecular complexity index is 813. The van der Waals surface area contributed by atoms with Crippen LogP contribution in [0, 0.1) is 5.82 Å². The minimum Gasteiger partial charge on any atom is -0.236 e. The number of benzene rings is 2. The van der Waals surface area contributed by atoms with Gasteiger partial charge in [0.15, 0.2) is 5.82 Å². The Morgan fingerprint density at radius 2 is 1.54 bits per heavy atom. The molecule has 0 radical (unpaired) electrons. The summed E-state index contributed by atoms with van der Waals surface area (Å²) in [5.41, 5.74) is 3.32. The summed E-state index contributed by atoms with van der Waals surface area (Å²) in [5.74, 6) is 0.315. The Morgan fingerprint density at radius 1 is 0.808 bits per heavy atom. The van der Waals surface area contributed by atoms with E-state index in [1.807, 2.05) is 48.8 Å². The fraction of sp³-hybridized carbons (Fsp3) is 0.304. The molecule has 0 atom stereocenters. The minimum atomic E-state index is -0.252. The van der Waals surface area contributed by atoms with Gasteiger partial charge in [-0.15, -0.1) is 0 Å². The maximum Gasteiger partial charge on any atom is 0.159 e. The summed E-state index contributed by atoms with van der Waals surface area (Å²) in [4.78, 5) is 8.86. The Morgan fingerprint density at radius 3 is 2.23 bits per heavy atom. The molecule has 0 N–H and O–H groups in total. The van der Waals surface area contributed by atoms with Crippen LogP contribution in [0.1, 0.15) is 44.6 Å². The summed E-state index contributed by atoms with van der Waals surface area (Å²) < 4.78 is 14.5. The predicted octanol–water partition coefficient (Wildman–Crippen LogP) is 6.46. The van der Waals surface area contributed by atoms with Crippen molar-refractivity contribution in [1.29, 1.82) is 0 Å². The van der Waals surface area contributed by atoms with Gasteiger partial charge in [-0.05, 0) is 30.0 Å². The quantitative estimate of drug-likeness (QED) is 0.436. The van der Waals surface area contributed by atoms with Crippen molar-refractivity contribution >= 4 is 0 Å². The zero-order valence-electron chi connectivity index (χ0n) is 15.3. The fourth-order valence-corrected chi connectivity index (χ4v) is 3.07. The topological polar surface area (TPSA) is 25.8 Å². The van der Waals surface area contributed by atoms with Gasteiger partial charge in [0, 0.05) is 23.5 Å². The minimum absolute atomic E-state index is 0.252. The van der Waals surface area contributed by atoms with Crippen LogP contribution < -0.4 is 0 Å². The van der Waals surface area contributed by atoms with Crippen molar-refractivity contribution in [1.82, 2.24) is 9.97 Å². The number of halogens is 1. The molecule has 0 aliphatic carbocycles. The van der Waals surface area contributed by atoms with Crippen LogP contribution in [0.15, 0.2) is 60.9 Å². The van der Waals surface area contributed by atoms with Crippen LogP contribution in [0.25, 0.3) is 22.5 Å². The predicted molar refractivity (Wildman–Crippen MR) is 105 cm³/mol. The zero-order valence-corrected chi connectivity index (χ0v) is 15.3. The van der Waals surface area contributed by atoms with Gasteiger partial charge in [0.2, 0.25) is 0 Å². The molecular formula is C23H25FN2. The van der Waals surface area contributed by atoms with Crippen molar-refractivity contribution in [3.05, 3.63) is 72.3 Å². The van der Waals surface area contributed by atoms with Gasteiger partial charge in [-0.25, -0.2) is 14.4 Å². The number of aromatic nitrogens is 2. The Balaban J connectivity index is 1.67. The number of hydrogen-bond donors (Lipinski definition) is 0. The van der Waals surface area contributed by atoms with Gasteiger partial charge < -0.3 is 0 Å². The lowest BCUT2D eigenvalue weighted by molar-refractivity contribution is 0.630. The second kappa shape index (κ2) is 9.23. The molecule has 3 rings (SSSR count). The highest BCUT2D eigenvalue weighted by Gasteiger charge is 2.09. The summed E-state index contributed by atoms with van der Waals surface area (Å²) in [5, 5.41) is 0. The highest BCUT2D eigenvalue weighted by atomic mass is 19.1. The van der Waals surface area contributed by atoms with Crippen molar-refractivity contribution in [2.24, 2.45) is 0 Å². The van der Waals surface area contributed by atoms with Gasteiger partial charge in [0.05, 0.1) is 0 Å². The summed E-state index contributed by atoms with van der Waals surface area (Å²) in [7, 11) is 0. The van der Waals surface area contributed by atoms with Crippen LogP contribution >= 0.6 is 0 Å². The molecule has 2 aromatic carbocycles. The Labute approximate surface area is 155 Å². The van der Waals surface area contributed by atoms with Crippen LogP contribution in [-0.4, -0.2) is 9.97 Å². The Kier molecular flexibility index (Phi) is 6.48. The van der Waals surface area contributed by atoms with Crippen molar-refractivity contribution in [3.63, 3.8) is 0 Å². The third kappa shape index (κ3) is 4.75. The zero-order chi connectivity index (χ0) is 18.2. The molecule has 2 nitrogen and oxygen atoms in total. The first-order valence-electron chi connectivity index (χ1n) is 9.44. The monoisotopic (exact) mass is 348 g/mol. The summed E-state index contributed by atoms with van der Waals surface area (Å²) in [6, 6.07) is 14.8. The normalized spacial score (nSPS) is 10.8. The largest absolute Gasteiger partial charge is 0.236 e. The van der Waals surface area contributed by atoms with Crippen molar-refractivity contribution in [3.8, 4) is 22.5 Å². The molecule has 0 spiro atoms. The van der Waals surface area contributed by atoms with Gasteiger partial charge in [0.25, 0.3) is 0 Å². The van der Waals surface area contributed by atoms with Crippen LogP contribution in [0.5, 0.6) is 0 Å². The molecule has 3 heteroatoms. The molecule has 1 aromatic heterocycles. The third-order valence-electron chi connectivity index (χ3n) is 4.59. The van der Waals surface area contributed by atoms with E-state index in [1.165, 1.54) is 38.2 Å². The van der Waals surface area contributed by atoms with Crippen LogP contribution in [0.4, 0.5) is 4.39 Å². The molecule has 0 bridgehead atoms.